The molecule has 0 radical (unpaired) electrons. The molecule has 0 N–H and O–H groups in total. The van der Waals surface area contributed by atoms with E-state index in [9.17, 15) is 14.4 Å². The minimum Gasteiger partial charge on any atom is -0.462 e. The highest BCUT2D eigenvalue weighted by molar-refractivity contribution is 5.72. The van der Waals surface area contributed by atoms with Crippen LogP contribution < -0.4 is 0 Å². The summed E-state index contributed by atoms with van der Waals surface area (Å²) in [6.45, 7) is 6.35. The first-order chi connectivity index (χ1) is 27.5. The van der Waals surface area contributed by atoms with Crippen LogP contribution >= 0.6 is 0 Å². The van der Waals surface area contributed by atoms with Gasteiger partial charge in [0, 0.05) is 12.8 Å². The number of unbranched alkanes of at least 4 members (excludes halogenated alkanes) is 19. The van der Waals surface area contributed by atoms with Gasteiger partial charge in [-0.05, 0) is 83.5 Å². The van der Waals surface area contributed by atoms with Gasteiger partial charge in [0.15, 0.2) is 6.10 Å². The van der Waals surface area contributed by atoms with Gasteiger partial charge in [-0.1, -0.05) is 177 Å². The maximum Gasteiger partial charge on any atom is 0.309 e. The molecule has 1 atom stereocenters. The highest BCUT2D eigenvalue weighted by Crippen LogP contribution is 2.12. The van der Waals surface area contributed by atoms with Crippen molar-refractivity contribution in [2.24, 2.45) is 0 Å². The third-order valence-electron chi connectivity index (χ3n) is 9.48. The Balaban J connectivity index is 4.46. The number of ether oxygens (including phenoxy) is 3. The van der Waals surface area contributed by atoms with Gasteiger partial charge in [-0.25, -0.2) is 0 Å². The second-order valence-corrected chi connectivity index (χ2v) is 15.0. The molecule has 0 fully saturated rings. The van der Waals surface area contributed by atoms with Crippen LogP contribution in [-0.4, -0.2) is 37.2 Å². The molecule has 6 nitrogen and oxygen atoms in total. The van der Waals surface area contributed by atoms with Crippen LogP contribution in [0.4, 0.5) is 0 Å². The highest BCUT2D eigenvalue weighted by Gasteiger charge is 2.19. The van der Waals surface area contributed by atoms with Gasteiger partial charge in [0.1, 0.15) is 13.2 Å². The first-order valence-electron chi connectivity index (χ1n) is 23.0. The molecule has 0 aliphatic rings. The van der Waals surface area contributed by atoms with Crippen molar-refractivity contribution in [3.63, 3.8) is 0 Å². The van der Waals surface area contributed by atoms with Gasteiger partial charge in [-0.15, -0.1) is 0 Å². The summed E-state index contributed by atoms with van der Waals surface area (Å²) in [6, 6.07) is 0. The number of hydrogen-bond donors (Lipinski definition) is 0. The van der Waals surface area contributed by atoms with Crippen LogP contribution in [-0.2, 0) is 28.6 Å². The van der Waals surface area contributed by atoms with Crippen molar-refractivity contribution in [3.8, 4) is 0 Å². The number of esters is 3. The first kappa shape index (κ1) is 52.9. The third kappa shape index (κ3) is 42.0. The smallest absolute Gasteiger partial charge is 0.309 e. The number of carbonyl (C=O) groups excluding carboxylic acids is 3. The van der Waals surface area contributed by atoms with Crippen LogP contribution in [0.1, 0.15) is 207 Å². The molecule has 0 bridgehead atoms. The minimum atomic E-state index is -0.821. The zero-order chi connectivity index (χ0) is 40.8. The molecule has 0 saturated carbocycles. The third-order valence-corrected chi connectivity index (χ3v) is 9.48. The zero-order valence-corrected chi connectivity index (χ0v) is 36.4. The molecule has 0 aromatic heterocycles. The van der Waals surface area contributed by atoms with E-state index in [1.165, 1.54) is 83.5 Å². The Hall–Kier alpha value is -3.15. The first-order valence-corrected chi connectivity index (χ1v) is 23.0. The van der Waals surface area contributed by atoms with Crippen LogP contribution in [0.25, 0.3) is 0 Å². The Morgan fingerprint density at radius 3 is 1.39 bits per heavy atom. The predicted octanol–water partition coefficient (Wildman–Crippen LogP) is 14.7. The standard InChI is InChI=1S/C50H84O6/c1-4-7-10-13-16-19-21-23-25-27-28-31-34-37-40-43-49(52)55-46-47(45-54-48(51)42-39-36-33-30-18-15-12-9-6-3)56-50(53)44-41-38-35-32-29-26-24-22-20-17-14-11-8-5-2/h9,12,16,18-19,21,23,26,29-30,36,39,47H,4-8,10-11,13-15,17,20,22,24-25,27-28,31-35,37-38,40-46H2,1-3H3/b12-9-,19-16-,23-21-,29-26-,30-18-,39-36-. The molecule has 0 aliphatic carbocycles. The van der Waals surface area contributed by atoms with Crippen LogP contribution in [0, 0.1) is 0 Å². The monoisotopic (exact) mass is 781 g/mol. The van der Waals surface area contributed by atoms with E-state index in [0.29, 0.717) is 6.42 Å². The molecule has 0 amide bonds. The van der Waals surface area contributed by atoms with Gasteiger partial charge in [0.05, 0.1) is 6.42 Å². The maximum absolute atomic E-state index is 12.7. The van der Waals surface area contributed by atoms with E-state index >= 15 is 0 Å². The Morgan fingerprint density at radius 2 is 0.821 bits per heavy atom. The summed E-state index contributed by atoms with van der Waals surface area (Å²) in [5.74, 6) is -1.08. The molecule has 0 aromatic carbocycles. The van der Waals surface area contributed by atoms with Crippen LogP contribution in [0.2, 0.25) is 0 Å². The fourth-order valence-electron chi connectivity index (χ4n) is 6.02. The molecular weight excluding hydrogens is 697 g/mol. The van der Waals surface area contributed by atoms with Crippen molar-refractivity contribution in [2.75, 3.05) is 13.2 Å². The topological polar surface area (TPSA) is 78.9 Å². The highest BCUT2D eigenvalue weighted by atomic mass is 16.6. The van der Waals surface area contributed by atoms with Gasteiger partial charge in [-0.2, -0.15) is 0 Å². The van der Waals surface area contributed by atoms with Gasteiger partial charge >= 0.3 is 17.9 Å². The largest absolute Gasteiger partial charge is 0.462 e. The lowest BCUT2D eigenvalue weighted by molar-refractivity contribution is -0.166. The summed E-state index contributed by atoms with van der Waals surface area (Å²) in [5.41, 5.74) is 0. The van der Waals surface area contributed by atoms with Crippen molar-refractivity contribution in [3.05, 3.63) is 72.9 Å². The Bertz CT molecular complexity index is 1080. The van der Waals surface area contributed by atoms with Gasteiger partial charge in [0.2, 0.25) is 0 Å². The van der Waals surface area contributed by atoms with Crippen LogP contribution in [0.3, 0.4) is 0 Å². The van der Waals surface area contributed by atoms with Crippen molar-refractivity contribution in [2.45, 2.75) is 213 Å². The molecule has 320 valence electrons. The van der Waals surface area contributed by atoms with E-state index in [-0.39, 0.29) is 38.0 Å². The van der Waals surface area contributed by atoms with Crippen molar-refractivity contribution < 1.29 is 28.6 Å². The van der Waals surface area contributed by atoms with Gasteiger partial charge in [0.25, 0.3) is 0 Å². The lowest BCUT2D eigenvalue weighted by Gasteiger charge is -2.18. The van der Waals surface area contributed by atoms with E-state index in [2.05, 4.69) is 81.5 Å². The summed E-state index contributed by atoms with van der Waals surface area (Å²) in [6.07, 6.45) is 54.9. The number of carbonyl (C=O) groups is 3. The van der Waals surface area contributed by atoms with E-state index in [1.807, 2.05) is 6.08 Å². The molecule has 0 heterocycles. The number of allylic oxidation sites excluding steroid dienone is 11. The summed E-state index contributed by atoms with van der Waals surface area (Å²) >= 11 is 0. The molecule has 56 heavy (non-hydrogen) atoms. The summed E-state index contributed by atoms with van der Waals surface area (Å²) < 4.78 is 16.6. The van der Waals surface area contributed by atoms with E-state index in [4.69, 9.17) is 14.2 Å². The van der Waals surface area contributed by atoms with E-state index in [0.717, 1.165) is 83.5 Å². The van der Waals surface area contributed by atoms with Gasteiger partial charge in [-0.3, -0.25) is 14.4 Å². The lowest BCUT2D eigenvalue weighted by Crippen LogP contribution is -2.30. The minimum absolute atomic E-state index is 0.115. The maximum atomic E-state index is 12.7. The molecule has 0 aromatic rings. The molecule has 1 unspecified atom stereocenters. The molecule has 0 saturated heterocycles. The molecule has 0 aliphatic heterocycles. The average molecular weight is 781 g/mol. The second-order valence-electron chi connectivity index (χ2n) is 15.0. The summed E-state index contributed by atoms with van der Waals surface area (Å²) in [7, 11) is 0. The van der Waals surface area contributed by atoms with Crippen molar-refractivity contribution in [1.29, 1.82) is 0 Å². The van der Waals surface area contributed by atoms with E-state index in [1.54, 1.807) is 6.08 Å². The second kappa shape index (κ2) is 44.6. The van der Waals surface area contributed by atoms with Crippen LogP contribution in [0.5, 0.6) is 0 Å². The zero-order valence-electron chi connectivity index (χ0n) is 36.4. The molecular formula is C50H84O6. The SMILES string of the molecule is CC/C=C\C/C=C\C/C=C\CC(=O)OCC(COC(=O)CCCCCCCC/C=C\C=C/CCCCC)OC(=O)CCCCC/C=C\CCCCCCCCC. The Kier molecular flexibility index (Phi) is 42.1. The van der Waals surface area contributed by atoms with Crippen LogP contribution in [0.15, 0.2) is 72.9 Å². The average Bonchev–Trinajstić information content (AvgIpc) is 3.19. The summed E-state index contributed by atoms with van der Waals surface area (Å²) in [5, 5.41) is 0. The Labute approximate surface area is 344 Å². The van der Waals surface area contributed by atoms with Crippen molar-refractivity contribution >= 4 is 17.9 Å². The fraction of sp³-hybridized carbons (Fsp3) is 0.700. The molecule has 0 rings (SSSR count). The van der Waals surface area contributed by atoms with Crippen molar-refractivity contribution in [1.82, 2.24) is 0 Å². The summed E-state index contributed by atoms with van der Waals surface area (Å²) in [4.78, 5) is 37.6. The van der Waals surface area contributed by atoms with Gasteiger partial charge < -0.3 is 14.2 Å². The normalized spacial score (nSPS) is 12.7. The molecule has 0 spiro atoms. The fourth-order valence-corrected chi connectivity index (χ4v) is 6.02. The predicted molar refractivity (Wildman–Crippen MR) is 238 cm³/mol. The van der Waals surface area contributed by atoms with E-state index < -0.39 is 12.1 Å². The number of hydrogen-bond acceptors (Lipinski definition) is 6. The molecule has 6 heteroatoms. The quantitative estimate of drug-likeness (QED) is 0.0203. The Morgan fingerprint density at radius 1 is 0.411 bits per heavy atom. The number of rotatable bonds is 40. The lowest BCUT2D eigenvalue weighted by atomic mass is 10.1.